The molecule has 0 bridgehead atoms. The molecule has 5 heteroatoms. The second-order valence-corrected chi connectivity index (χ2v) is 6.36. The lowest BCUT2D eigenvalue weighted by Gasteiger charge is -2.30. The van der Waals surface area contributed by atoms with E-state index in [1.807, 2.05) is 7.05 Å². The van der Waals surface area contributed by atoms with E-state index in [0.29, 0.717) is 6.04 Å². The fourth-order valence-corrected chi connectivity index (χ4v) is 2.96. The summed E-state index contributed by atoms with van der Waals surface area (Å²) < 4.78 is 0. The predicted octanol–water partition coefficient (Wildman–Crippen LogP) is 3.32. The van der Waals surface area contributed by atoms with Crippen LogP contribution >= 0.6 is 11.8 Å². The van der Waals surface area contributed by atoms with Gasteiger partial charge in [0.15, 0.2) is 0 Å². The monoisotopic (exact) mass is 268 g/mol. The third-order valence-electron chi connectivity index (χ3n) is 2.86. The van der Waals surface area contributed by atoms with Gasteiger partial charge in [0.1, 0.15) is 0 Å². The number of thioether (sulfide) groups is 1. The second-order valence-electron chi connectivity index (χ2n) is 5.27. The Bertz CT molecular complexity index is 398. The van der Waals surface area contributed by atoms with Gasteiger partial charge in [0.2, 0.25) is 0 Å². The molecule has 0 spiro atoms. The van der Waals surface area contributed by atoms with Crippen LogP contribution in [0.5, 0.6) is 0 Å². The Labute approximate surface area is 112 Å². The van der Waals surface area contributed by atoms with Crippen molar-refractivity contribution in [2.45, 2.75) is 31.7 Å². The molecule has 0 aliphatic rings. The van der Waals surface area contributed by atoms with Crippen LogP contribution in [0.1, 0.15) is 20.8 Å². The summed E-state index contributed by atoms with van der Waals surface area (Å²) in [5, 5.41) is 13.9. The molecule has 18 heavy (non-hydrogen) atoms. The molecule has 0 aliphatic carbocycles. The van der Waals surface area contributed by atoms with Crippen molar-refractivity contribution in [2.24, 2.45) is 5.41 Å². The smallest absolute Gasteiger partial charge is 0.269 e. The van der Waals surface area contributed by atoms with E-state index in [-0.39, 0.29) is 16.0 Å². The highest BCUT2D eigenvalue weighted by Crippen LogP contribution is 2.27. The van der Waals surface area contributed by atoms with Gasteiger partial charge < -0.3 is 5.32 Å². The van der Waals surface area contributed by atoms with Crippen LogP contribution in [0.3, 0.4) is 0 Å². The van der Waals surface area contributed by atoms with Crippen molar-refractivity contribution in [3.05, 3.63) is 34.4 Å². The van der Waals surface area contributed by atoms with Gasteiger partial charge in [-0.1, -0.05) is 20.8 Å². The van der Waals surface area contributed by atoms with Crippen LogP contribution in [0.15, 0.2) is 29.2 Å². The minimum atomic E-state index is -0.375. The molecule has 0 fully saturated rings. The molecule has 1 atom stereocenters. The summed E-state index contributed by atoms with van der Waals surface area (Å²) >= 11 is 1.72. The van der Waals surface area contributed by atoms with Gasteiger partial charge in [-0.05, 0) is 24.6 Å². The molecule has 0 aromatic heterocycles. The van der Waals surface area contributed by atoms with Gasteiger partial charge in [-0.3, -0.25) is 10.1 Å². The van der Waals surface area contributed by atoms with Crippen LogP contribution in [-0.4, -0.2) is 23.8 Å². The summed E-state index contributed by atoms with van der Waals surface area (Å²) in [6.45, 7) is 6.60. The van der Waals surface area contributed by atoms with E-state index in [9.17, 15) is 10.1 Å². The number of nitrogens with zero attached hydrogens (tertiary/aromatic N) is 1. The van der Waals surface area contributed by atoms with Crippen molar-refractivity contribution >= 4 is 17.4 Å². The number of hydrogen-bond acceptors (Lipinski definition) is 4. The average molecular weight is 268 g/mol. The van der Waals surface area contributed by atoms with Gasteiger partial charge >= 0.3 is 0 Å². The van der Waals surface area contributed by atoms with Crippen molar-refractivity contribution in [1.82, 2.24) is 5.32 Å². The molecule has 4 nitrogen and oxygen atoms in total. The van der Waals surface area contributed by atoms with Crippen molar-refractivity contribution in [1.29, 1.82) is 0 Å². The number of benzene rings is 1. The molecular formula is C13H20N2O2S. The van der Waals surface area contributed by atoms with E-state index in [1.54, 1.807) is 36.0 Å². The quantitative estimate of drug-likeness (QED) is 0.505. The number of nitrogens with one attached hydrogen (secondary N) is 1. The molecule has 1 rings (SSSR count). The SMILES string of the molecule is CNC(CSc1ccc([N+](=O)[O-])cc1)C(C)(C)C. The van der Waals surface area contributed by atoms with E-state index >= 15 is 0 Å². The van der Waals surface area contributed by atoms with Crippen molar-refractivity contribution in [2.75, 3.05) is 12.8 Å². The lowest BCUT2D eigenvalue weighted by atomic mass is 9.88. The molecule has 0 heterocycles. The highest BCUT2D eigenvalue weighted by Gasteiger charge is 2.22. The van der Waals surface area contributed by atoms with Crippen LogP contribution in [0.2, 0.25) is 0 Å². The molecule has 1 unspecified atom stereocenters. The first-order valence-corrected chi connectivity index (χ1v) is 6.87. The summed E-state index contributed by atoms with van der Waals surface area (Å²) in [5.41, 5.74) is 0.336. The fraction of sp³-hybridized carbons (Fsp3) is 0.538. The Morgan fingerprint density at radius 3 is 2.28 bits per heavy atom. The molecular weight excluding hydrogens is 248 g/mol. The molecule has 1 aromatic carbocycles. The highest BCUT2D eigenvalue weighted by molar-refractivity contribution is 7.99. The third kappa shape index (κ3) is 4.31. The van der Waals surface area contributed by atoms with Gasteiger partial charge in [0, 0.05) is 28.8 Å². The molecule has 100 valence electrons. The van der Waals surface area contributed by atoms with Gasteiger partial charge in [0.25, 0.3) is 5.69 Å². The van der Waals surface area contributed by atoms with E-state index in [2.05, 4.69) is 26.1 Å². The standard InChI is InChI=1S/C13H20N2O2S/c1-13(2,3)12(14-4)9-18-11-7-5-10(6-8-11)15(16)17/h5-8,12,14H,9H2,1-4H3. The predicted molar refractivity (Wildman–Crippen MR) is 76.1 cm³/mol. The number of hydrogen-bond donors (Lipinski definition) is 1. The molecule has 0 saturated carbocycles. The number of rotatable bonds is 5. The van der Waals surface area contributed by atoms with Crippen molar-refractivity contribution < 1.29 is 4.92 Å². The summed E-state index contributed by atoms with van der Waals surface area (Å²) in [4.78, 5) is 11.2. The zero-order valence-corrected chi connectivity index (χ0v) is 12.1. The Balaban J connectivity index is 2.60. The Morgan fingerprint density at radius 2 is 1.89 bits per heavy atom. The maximum Gasteiger partial charge on any atom is 0.269 e. The summed E-state index contributed by atoms with van der Waals surface area (Å²) in [6.07, 6.45) is 0. The Morgan fingerprint density at radius 1 is 1.33 bits per heavy atom. The molecule has 0 aliphatic heterocycles. The topological polar surface area (TPSA) is 55.2 Å². The molecule has 1 N–H and O–H groups in total. The molecule has 1 aromatic rings. The highest BCUT2D eigenvalue weighted by atomic mass is 32.2. The van der Waals surface area contributed by atoms with Gasteiger partial charge in [-0.25, -0.2) is 0 Å². The largest absolute Gasteiger partial charge is 0.316 e. The summed E-state index contributed by atoms with van der Waals surface area (Å²) in [6, 6.07) is 7.11. The minimum Gasteiger partial charge on any atom is -0.316 e. The van der Waals surface area contributed by atoms with E-state index in [4.69, 9.17) is 0 Å². The summed E-state index contributed by atoms with van der Waals surface area (Å²) in [7, 11) is 1.96. The van der Waals surface area contributed by atoms with Gasteiger partial charge in [0.05, 0.1) is 4.92 Å². The van der Waals surface area contributed by atoms with Gasteiger partial charge in [-0.2, -0.15) is 0 Å². The maximum absolute atomic E-state index is 10.5. The molecule has 0 amide bonds. The van der Waals surface area contributed by atoms with E-state index in [1.165, 1.54) is 0 Å². The first kappa shape index (κ1) is 15.0. The summed E-state index contributed by atoms with van der Waals surface area (Å²) in [5.74, 6) is 0.942. The lowest BCUT2D eigenvalue weighted by molar-refractivity contribution is -0.384. The zero-order chi connectivity index (χ0) is 13.8. The van der Waals surface area contributed by atoms with Crippen LogP contribution in [0.4, 0.5) is 5.69 Å². The average Bonchev–Trinajstić information content (AvgIpc) is 2.28. The van der Waals surface area contributed by atoms with Crippen LogP contribution in [0.25, 0.3) is 0 Å². The third-order valence-corrected chi connectivity index (χ3v) is 3.96. The Kier molecular flexibility index (Phi) is 5.16. The lowest BCUT2D eigenvalue weighted by Crippen LogP contribution is -2.40. The van der Waals surface area contributed by atoms with E-state index in [0.717, 1.165) is 10.6 Å². The minimum absolute atomic E-state index is 0.139. The number of nitro benzene ring substituents is 1. The number of non-ortho nitro benzene ring substituents is 1. The molecule has 0 saturated heterocycles. The maximum atomic E-state index is 10.5. The second kappa shape index (κ2) is 6.20. The van der Waals surface area contributed by atoms with Crippen molar-refractivity contribution in [3.8, 4) is 0 Å². The van der Waals surface area contributed by atoms with E-state index < -0.39 is 0 Å². The van der Waals surface area contributed by atoms with Crippen LogP contribution in [-0.2, 0) is 0 Å². The van der Waals surface area contributed by atoms with Gasteiger partial charge in [-0.15, -0.1) is 11.8 Å². The van der Waals surface area contributed by atoms with Crippen LogP contribution < -0.4 is 5.32 Å². The van der Waals surface area contributed by atoms with Crippen molar-refractivity contribution in [3.63, 3.8) is 0 Å². The normalized spacial score (nSPS) is 13.3. The van der Waals surface area contributed by atoms with Crippen LogP contribution in [0, 0.1) is 15.5 Å². The fourth-order valence-electron chi connectivity index (χ4n) is 1.61. The first-order valence-electron chi connectivity index (χ1n) is 5.89. The number of nitro groups is 1. The Hall–Kier alpha value is -1.07. The first-order chi connectivity index (χ1) is 8.34. The molecule has 0 radical (unpaired) electrons. The zero-order valence-electron chi connectivity index (χ0n) is 11.3.